The van der Waals surface area contributed by atoms with Crippen molar-refractivity contribution in [3.8, 4) is 0 Å². The second-order valence-electron chi connectivity index (χ2n) is 7.72. The molecule has 0 aliphatic heterocycles. The minimum absolute atomic E-state index is 0.181. The van der Waals surface area contributed by atoms with E-state index in [1.807, 2.05) is 85.1 Å². The van der Waals surface area contributed by atoms with E-state index in [0.29, 0.717) is 5.02 Å². The van der Waals surface area contributed by atoms with E-state index in [4.69, 9.17) is 11.6 Å². The van der Waals surface area contributed by atoms with E-state index in [9.17, 15) is 8.42 Å². The molecular weight excluding hydrogens is 440 g/mol. The average molecular weight is 461 g/mol. The summed E-state index contributed by atoms with van der Waals surface area (Å²) in [4.78, 5) is 3.53. The Kier molecular flexibility index (Phi) is 5.47. The lowest BCUT2D eigenvalue weighted by Crippen LogP contribution is -2.29. The molecule has 5 aromatic rings. The van der Waals surface area contributed by atoms with Crippen LogP contribution in [0.25, 0.3) is 21.7 Å². The van der Waals surface area contributed by atoms with Crippen LogP contribution in [0, 0.1) is 0 Å². The van der Waals surface area contributed by atoms with Crippen LogP contribution < -0.4 is 4.72 Å². The quantitative estimate of drug-likeness (QED) is 0.322. The van der Waals surface area contributed by atoms with Crippen LogP contribution >= 0.6 is 11.6 Å². The first kappa shape index (κ1) is 20.8. The van der Waals surface area contributed by atoms with Crippen LogP contribution in [0.5, 0.6) is 0 Å². The third-order valence-corrected chi connectivity index (χ3v) is 7.55. The summed E-state index contributed by atoms with van der Waals surface area (Å²) in [6.45, 7) is 0.181. The number of fused-ring (bicyclic) bond motifs is 2. The van der Waals surface area contributed by atoms with E-state index in [2.05, 4.69) is 9.71 Å². The van der Waals surface area contributed by atoms with E-state index in [-0.39, 0.29) is 17.4 Å². The summed E-state index contributed by atoms with van der Waals surface area (Å²) in [7, 11) is -3.72. The molecule has 0 bridgehead atoms. The molecule has 0 spiro atoms. The van der Waals surface area contributed by atoms with Crippen molar-refractivity contribution in [2.45, 2.75) is 10.8 Å². The van der Waals surface area contributed by atoms with Crippen molar-refractivity contribution in [2.24, 2.45) is 0 Å². The molecule has 4 nitrogen and oxygen atoms in total. The van der Waals surface area contributed by atoms with Crippen molar-refractivity contribution in [2.75, 3.05) is 6.54 Å². The van der Waals surface area contributed by atoms with Gasteiger partial charge in [-0.05, 0) is 46.2 Å². The van der Waals surface area contributed by atoms with Crippen LogP contribution in [0.2, 0.25) is 5.02 Å². The van der Waals surface area contributed by atoms with Gasteiger partial charge >= 0.3 is 0 Å². The van der Waals surface area contributed by atoms with Gasteiger partial charge in [0.25, 0.3) is 0 Å². The van der Waals surface area contributed by atoms with Gasteiger partial charge in [0.2, 0.25) is 10.0 Å². The van der Waals surface area contributed by atoms with E-state index >= 15 is 0 Å². The highest BCUT2D eigenvalue weighted by molar-refractivity contribution is 7.89. The normalized spacial score (nSPS) is 12.9. The first-order chi connectivity index (χ1) is 15.5. The minimum Gasteiger partial charge on any atom is -0.361 e. The van der Waals surface area contributed by atoms with Gasteiger partial charge in [0.15, 0.2) is 0 Å². The molecule has 1 heterocycles. The summed E-state index contributed by atoms with van der Waals surface area (Å²) in [6, 6.07) is 28.4. The molecule has 160 valence electrons. The molecule has 0 amide bonds. The Hall–Kier alpha value is -3.12. The Morgan fingerprint density at radius 2 is 1.53 bits per heavy atom. The van der Waals surface area contributed by atoms with Crippen molar-refractivity contribution in [1.29, 1.82) is 0 Å². The third kappa shape index (κ3) is 3.91. The predicted octanol–water partition coefficient (Wildman–Crippen LogP) is 6.08. The molecule has 0 aliphatic rings. The van der Waals surface area contributed by atoms with Crippen molar-refractivity contribution in [3.63, 3.8) is 0 Å². The SMILES string of the molecule is O=S(=O)(NCC(c1ccccc1Cl)c1c[nH]c2ccccc12)c1ccc2ccccc2c1. The fourth-order valence-electron chi connectivity index (χ4n) is 4.14. The summed E-state index contributed by atoms with van der Waals surface area (Å²) in [5.41, 5.74) is 2.87. The van der Waals surface area contributed by atoms with E-state index in [0.717, 1.165) is 32.8 Å². The molecule has 32 heavy (non-hydrogen) atoms. The Labute approximate surface area is 191 Å². The highest BCUT2D eigenvalue weighted by Crippen LogP contribution is 2.34. The molecule has 1 unspecified atom stereocenters. The number of hydrogen-bond acceptors (Lipinski definition) is 2. The van der Waals surface area contributed by atoms with Crippen LogP contribution in [0.3, 0.4) is 0 Å². The van der Waals surface area contributed by atoms with E-state index in [1.165, 1.54) is 0 Å². The summed E-state index contributed by atoms with van der Waals surface area (Å²) < 4.78 is 29.2. The Bertz CT molecular complexity index is 1530. The maximum atomic E-state index is 13.2. The lowest BCUT2D eigenvalue weighted by atomic mass is 9.91. The van der Waals surface area contributed by atoms with Crippen molar-refractivity contribution >= 4 is 43.3 Å². The monoisotopic (exact) mass is 460 g/mol. The number of nitrogens with one attached hydrogen (secondary N) is 2. The number of halogens is 1. The number of benzene rings is 4. The first-order valence-electron chi connectivity index (χ1n) is 10.3. The van der Waals surface area contributed by atoms with Gasteiger partial charge < -0.3 is 4.98 Å². The fraction of sp³-hybridized carbons (Fsp3) is 0.0769. The number of para-hydroxylation sites is 1. The molecule has 2 N–H and O–H groups in total. The largest absolute Gasteiger partial charge is 0.361 e. The molecule has 0 saturated carbocycles. The zero-order valence-electron chi connectivity index (χ0n) is 17.1. The number of aromatic nitrogens is 1. The van der Waals surface area contributed by atoms with Gasteiger partial charge in [-0.1, -0.05) is 78.3 Å². The smallest absolute Gasteiger partial charge is 0.240 e. The van der Waals surface area contributed by atoms with Crippen molar-refractivity contribution in [3.05, 3.63) is 113 Å². The van der Waals surface area contributed by atoms with Gasteiger partial charge in [0.05, 0.1) is 4.90 Å². The Morgan fingerprint density at radius 3 is 2.38 bits per heavy atom. The Morgan fingerprint density at radius 1 is 0.812 bits per heavy atom. The van der Waals surface area contributed by atoms with Crippen molar-refractivity contribution in [1.82, 2.24) is 9.71 Å². The third-order valence-electron chi connectivity index (χ3n) is 5.79. The second kappa shape index (κ2) is 8.43. The van der Waals surface area contributed by atoms with E-state index in [1.54, 1.807) is 12.1 Å². The zero-order valence-corrected chi connectivity index (χ0v) is 18.7. The van der Waals surface area contributed by atoms with E-state index < -0.39 is 10.0 Å². The highest BCUT2D eigenvalue weighted by atomic mass is 35.5. The van der Waals surface area contributed by atoms with Gasteiger partial charge in [-0.2, -0.15) is 0 Å². The summed E-state index contributed by atoms with van der Waals surface area (Å²) in [5.74, 6) is -0.255. The highest BCUT2D eigenvalue weighted by Gasteiger charge is 2.23. The number of sulfonamides is 1. The van der Waals surface area contributed by atoms with Crippen LogP contribution in [-0.4, -0.2) is 19.9 Å². The van der Waals surface area contributed by atoms with Gasteiger partial charge in [0, 0.05) is 34.6 Å². The van der Waals surface area contributed by atoms with Crippen LogP contribution in [0.4, 0.5) is 0 Å². The van der Waals surface area contributed by atoms with Gasteiger partial charge in [0.1, 0.15) is 0 Å². The number of hydrogen-bond donors (Lipinski definition) is 2. The van der Waals surface area contributed by atoms with Gasteiger partial charge in [-0.15, -0.1) is 0 Å². The number of aromatic amines is 1. The van der Waals surface area contributed by atoms with Gasteiger partial charge in [-0.25, -0.2) is 13.1 Å². The molecule has 1 atom stereocenters. The maximum Gasteiger partial charge on any atom is 0.240 e. The lowest BCUT2D eigenvalue weighted by molar-refractivity contribution is 0.578. The molecule has 4 aromatic carbocycles. The molecule has 1 aromatic heterocycles. The Balaban J connectivity index is 1.52. The van der Waals surface area contributed by atoms with Crippen LogP contribution in [0.1, 0.15) is 17.0 Å². The molecule has 6 heteroatoms. The molecular formula is C26H21ClN2O2S. The molecule has 0 aliphatic carbocycles. The maximum absolute atomic E-state index is 13.2. The molecule has 0 radical (unpaired) electrons. The predicted molar refractivity (Wildman–Crippen MR) is 131 cm³/mol. The average Bonchev–Trinajstić information content (AvgIpc) is 3.24. The summed E-state index contributed by atoms with van der Waals surface area (Å²) >= 11 is 6.53. The topological polar surface area (TPSA) is 62.0 Å². The summed E-state index contributed by atoms with van der Waals surface area (Å²) in [6.07, 6.45) is 1.93. The minimum atomic E-state index is -3.72. The van der Waals surface area contributed by atoms with Crippen molar-refractivity contribution < 1.29 is 8.42 Å². The van der Waals surface area contributed by atoms with Crippen LogP contribution in [0.15, 0.2) is 102 Å². The van der Waals surface area contributed by atoms with Gasteiger partial charge in [-0.3, -0.25) is 0 Å². The first-order valence-corrected chi connectivity index (χ1v) is 12.2. The molecule has 0 saturated heterocycles. The zero-order chi connectivity index (χ0) is 22.1. The van der Waals surface area contributed by atoms with Crippen LogP contribution in [-0.2, 0) is 10.0 Å². The molecule has 0 fully saturated rings. The number of H-pyrrole nitrogens is 1. The molecule has 5 rings (SSSR count). The second-order valence-corrected chi connectivity index (χ2v) is 9.90. The lowest BCUT2D eigenvalue weighted by Gasteiger charge is -2.19. The summed E-state index contributed by atoms with van der Waals surface area (Å²) in [5, 5.41) is 3.53. The fourth-order valence-corrected chi connectivity index (χ4v) is 5.49. The standard InChI is InChI=1S/C26H21ClN2O2S/c27-25-11-5-3-9-21(25)24(23-16-28-26-12-6-4-10-22(23)26)17-29-32(30,31)20-14-13-18-7-1-2-8-19(18)15-20/h1-16,24,28-29H,17H2. The number of rotatable bonds is 6.